The number of anilines is 3. The summed E-state index contributed by atoms with van der Waals surface area (Å²) >= 11 is 0. The van der Waals surface area contributed by atoms with Crippen LogP contribution in [0.5, 0.6) is 0 Å². The highest BCUT2D eigenvalue weighted by molar-refractivity contribution is 5.93. The van der Waals surface area contributed by atoms with Crippen LogP contribution in [0.3, 0.4) is 0 Å². The standard InChI is InChI=1S/C20H28N6O2/c1-15-22-17(20(27)21-8-9-25(2)3)14-19(23-15)24-16-6-4-5-7-18(16)26-10-12-28-13-11-26/h4-7,14H,8-13H2,1-3H3,(H,21,27)(H,22,23,24). The van der Waals surface area contributed by atoms with Gasteiger partial charge < -0.3 is 25.2 Å². The van der Waals surface area contributed by atoms with Crippen molar-refractivity contribution in [2.24, 2.45) is 0 Å². The Morgan fingerprint density at radius 3 is 2.71 bits per heavy atom. The minimum absolute atomic E-state index is 0.197. The van der Waals surface area contributed by atoms with Gasteiger partial charge in [-0.25, -0.2) is 9.97 Å². The molecule has 0 atom stereocenters. The van der Waals surface area contributed by atoms with Gasteiger partial charge in [-0.15, -0.1) is 0 Å². The number of amides is 1. The Morgan fingerprint density at radius 2 is 1.96 bits per heavy atom. The summed E-state index contributed by atoms with van der Waals surface area (Å²) in [4.78, 5) is 25.5. The molecule has 1 saturated heterocycles. The van der Waals surface area contributed by atoms with E-state index in [2.05, 4.69) is 31.6 Å². The Labute approximate surface area is 165 Å². The second kappa shape index (κ2) is 9.48. The molecule has 1 amide bonds. The Bertz CT molecular complexity index is 805. The fourth-order valence-corrected chi connectivity index (χ4v) is 3.03. The number of ether oxygens (including phenoxy) is 1. The average Bonchev–Trinajstić information content (AvgIpc) is 2.68. The molecule has 3 rings (SSSR count). The van der Waals surface area contributed by atoms with E-state index in [4.69, 9.17) is 4.74 Å². The van der Waals surface area contributed by atoms with Crippen LogP contribution in [0.2, 0.25) is 0 Å². The molecule has 0 bridgehead atoms. The van der Waals surface area contributed by atoms with E-state index in [1.165, 1.54) is 0 Å². The van der Waals surface area contributed by atoms with Crippen LogP contribution in [0.1, 0.15) is 16.3 Å². The molecule has 150 valence electrons. The van der Waals surface area contributed by atoms with E-state index in [1.807, 2.05) is 37.2 Å². The maximum atomic E-state index is 12.4. The first-order valence-corrected chi connectivity index (χ1v) is 9.50. The van der Waals surface area contributed by atoms with E-state index >= 15 is 0 Å². The minimum atomic E-state index is -0.197. The molecule has 1 aliphatic rings. The second-order valence-electron chi connectivity index (χ2n) is 6.99. The van der Waals surface area contributed by atoms with Crippen LogP contribution >= 0.6 is 0 Å². The topological polar surface area (TPSA) is 82.6 Å². The number of morpholine rings is 1. The molecule has 0 unspecified atom stereocenters. The summed E-state index contributed by atoms with van der Waals surface area (Å²) in [6, 6.07) is 9.78. The summed E-state index contributed by atoms with van der Waals surface area (Å²) in [5.41, 5.74) is 2.40. The number of rotatable bonds is 7. The molecule has 0 radical (unpaired) electrons. The Balaban J connectivity index is 1.76. The number of carbonyl (C=O) groups excluding carboxylic acids is 1. The number of hydrogen-bond acceptors (Lipinski definition) is 7. The van der Waals surface area contributed by atoms with Gasteiger partial charge in [-0.2, -0.15) is 0 Å². The fraction of sp³-hybridized carbons (Fsp3) is 0.450. The quantitative estimate of drug-likeness (QED) is 0.751. The van der Waals surface area contributed by atoms with Gasteiger partial charge in [0, 0.05) is 32.2 Å². The van der Waals surface area contributed by atoms with E-state index in [1.54, 1.807) is 13.0 Å². The van der Waals surface area contributed by atoms with Gasteiger partial charge in [-0.05, 0) is 33.2 Å². The number of aromatic nitrogens is 2. The van der Waals surface area contributed by atoms with Gasteiger partial charge in [0.1, 0.15) is 17.3 Å². The van der Waals surface area contributed by atoms with Gasteiger partial charge in [0.2, 0.25) is 0 Å². The highest BCUT2D eigenvalue weighted by atomic mass is 16.5. The molecule has 2 aromatic rings. The van der Waals surface area contributed by atoms with E-state index < -0.39 is 0 Å². The van der Waals surface area contributed by atoms with Gasteiger partial charge in [0.05, 0.1) is 24.6 Å². The molecular weight excluding hydrogens is 356 g/mol. The summed E-state index contributed by atoms with van der Waals surface area (Å²) in [7, 11) is 3.93. The SMILES string of the molecule is Cc1nc(Nc2ccccc2N2CCOCC2)cc(C(=O)NCCN(C)C)n1. The van der Waals surface area contributed by atoms with E-state index in [0.29, 0.717) is 23.9 Å². The fourth-order valence-electron chi connectivity index (χ4n) is 3.03. The zero-order valence-corrected chi connectivity index (χ0v) is 16.7. The summed E-state index contributed by atoms with van der Waals surface area (Å²) in [6.45, 7) is 6.26. The lowest BCUT2D eigenvalue weighted by Gasteiger charge is -2.30. The number of nitrogens with one attached hydrogen (secondary N) is 2. The van der Waals surface area contributed by atoms with E-state index in [0.717, 1.165) is 44.2 Å². The molecule has 1 fully saturated rings. The second-order valence-corrected chi connectivity index (χ2v) is 6.99. The lowest BCUT2D eigenvalue weighted by molar-refractivity contribution is 0.0945. The van der Waals surface area contributed by atoms with E-state index in [-0.39, 0.29) is 5.91 Å². The molecule has 1 aromatic heterocycles. The summed E-state index contributed by atoms with van der Waals surface area (Å²) in [6.07, 6.45) is 0. The predicted molar refractivity (Wildman–Crippen MR) is 110 cm³/mol. The maximum absolute atomic E-state index is 12.4. The van der Waals surface area contributed by atoms with Crippen LogP contribution in [0.25, 0.3) is 0 Å². The van der Waals surface area contributed by atoms with Crippen LogP contribution < -0.4 is 15.5 Å². The van der Waals surface area contributed by atoms with Crippen molar-refractivity contribution in [2.45, 2.75) is 6.92 Å². The van der Waals surface area contributed by atoms with Crippen molar-refractivity contribution in [3.8, 4) is 0 Å². The average molecular weight is 384 g/mol. The van der Waals surface area contributed by atoms with Crippen molar-refractivity contribution in [3.05, 3.63) is 41.9 Å². The molecule has 8 heteroatoms. The van der Waals surface area contributed by atoms with Crippen molar-refractivity contribution < 1.29 is 9.53 Å². The lowest BCUT2D eigenvalue weighted by atomic mass is 10.2. The first-order chi connectivity index (χ1) is 13.5. The molecule has 1 aromatic carbocycles. The zero-order valence-electron chi connectivity index (χ0n) is 16.7. The third-order valence-electron chi connectivity index (χ3n) is 4.43. The van der Waals surface area contributed by atoms with Gasteiger partial charge in [-0.1, -0.05) is 12.1 Å². The first kappa shape index (κ1) is 20.0. The number of carbonyl (C=O) groups is 1. The van der Waals surface area contributed by atoms with Crippen LogP contribution in [-0.2, 0) is 4.74 Å². The van der Waals surface area contributed by atoms with Gasteiger partial charge in [0.15, 0.2) is 0 Å². The number of para-hydroxylation sites is 2. The highest BCUT2D eigenvalue weighted by Crippen LogP contribution is 2.28. The van der Waals surface area contributed by atoms with Crippen molar-refractivity contribution in [1.29, 1.82) is 0 Å². The van der Waals surface area contributed by atoms with Crippen LogP contribution in [0, 0.1) is 6.92 Å². The normalized spacial score (nSPS) is 14.2. The molecule has 2 heterocycles. The van der Waals surface area contributed by atoms with Gasteiger partial charge in [0.25, 0.3) is 5.91 Å². The molecule has 0 aliphatic carbocycles. The Hall–Kier alpha value is -2.71. The Morgan fingerprint density at radius 1 is 1.21 bits per heavy atom. The molecule has 8 nitrogen and oxygen atoms in total. The van der Waals surface area contributed by atoms with Crippen LogP contribution in [0.4, 0.5) is 17.2 Å². The third kappa shape index (κ3) is 5.40. The molecule has 28 heavy (non-hydrogen) atoms. The highest BCUT2D eigenvalue weighted by Gasteiger charge is 2.16. The van der Waals surface area contributed by atoms with Crippen molar-refractivity contribution in [3.63, 3.8) is 0 Å². The minimum Gasteiger partial charge on any atom is -0.378 e. The molecule has 1 aliphatic heterocycles. The predicted octanol–water partition coefficient (Wildman–Crippen LogP) is 1.66. The molecule has 0 spiro atoms. The number of likely N-dealkylation sites (N-methyl/N-ethyl adjacent to an activating group) is 1. The van der Waals surface area contributed by atoms with Gasteiger partial charge in [-0.3, -0.25) is 4.79 Å². The number of nitrogens with zero attached hydrogens (tertiary/aromatic N) is 4. The van der Waals surface area contributed by atoms with Crippen LogP contribution in [-0.4, -0.2) is 74.3 Å². The zero-order chi connectivity index (χ0) is 19.9. The van der Waals surface area contributed by atoms with Crippen molar-refractivity contribution >= 4 is 23.1 Å². The smallest absolute Gasteiger partial charge is 0.270 e. The van der Waals surface area contributed by atoms with Gasteiger partial charge >= 0.3 is 0 Å². The number of aryl methyl sites for hydroxylation is 1. The summed E-state index contributed by atoms with van der Waals surface area (Å²) in [5.74, 6) is 0.953. The maximum Gasteiger partial charge on any atom is 0.270 e. The molecule has 0 saturated carbocycles. The first-order valence-electron chi connectivity index (χ1n) is 9.50. The number of benzene rings is 1. The third-order valence-corrected chi connectivity index (χ3v) is 4.43. The largest absolute Gasteiger partial charge is 0.378 e. The van der Waals surface area contributed by atoms with Crippen molar-refractivity contribution in [2.75, 3.05) is 63.7 Å². The summed E-state index contributed by atoms with van der Waals surface area (Å²) < 4.78 is 5.45. The molecular formula is C20H28N6O2. The monoisotopic (exact) mass is 384 g/mol. The Kier molecular flexibility index (Phi) is 6.78. The van der Waals surface area contributed by atoms with Crippen molar-refractivity contribution in [1.82, 2.24) is 20.2 Å². The molecule has 2 N–H and O–H groups in total. The number of hydrogen-bond donors (Lipinski definition) is 2. The van der Waals surface area contributed by atoms with Crippen LogP contribution in [0.15, 0.2) is 30.3 Å². The lowest BCUT2D eigenvalue weighted by Crippen LogP contribution is -2.36. The van der Waals surface area contributed by atoms with E-state index in [9.17, 15) is 4.79 Å². The summed E-state index contributed by atoms with van der Waals surface area (Å²) in [5, 5.41) is 6.25.